The van der Waals surface area contributed by atoms with Crippen LogP contribution in [0.25, 0.3) is 6.08 Å². The zero-order valence-corrected chi connectivity index (χ0v) is 17.8. The maximum atomic E-state index is 14.8. The van der Waals surface area contributed by atoms with Crippen molar-refractivity contribution >= 4 is 12.0 Å². The lowest BCUT2D eigenvalue weighted by molar-refractivity contribution is -0.141. The van der Waals surface area contributed by atoms with Crippen molar-refractivity contribution in [3.05, 3.63) is 69.5 Å². The minimum atomic E-state index is -4.54. The van der Waals surface area contributed by atoms with E-state index in [0.717, 1.165) is 11.6 Å². The van der Waals surface area contributed by atoms with E-state index in [1.165, 1.54) is 18.2 Å². The Morgan fingerprint density at radius 1 is 1.24 bits per heavy atom. The summed E-state index contributed by atoms with van der Waals surface area (Å²) in [6.07, 6.45) is -2.28. The first-order chi connectivity index (χ1) is 15.6. The number of nitrogens with zero attached hydrogens (tertiary/aromatic N) is 1. The molecule has 2 heterocycles. The molecule has 0 spiro atoms. The Labute approximate surface area is 188 Å². The zero-order valence-electron chi connectivity index (χ0n) is 17.8. The van der Waals surface area contributed by atoms with Gasteiger partial charge in [0.25, 0.3) is 0 Å². The van der Waals surface area contributed by atoms with Gasteiger partial charge in [-0.2, -0.15) is 13.2 Å². The molecule has 2 aliphatic heterocycles. The summed E-state index contributed by atoms with van der Waals surface area (Å²) in [6, 6.07) is 6.56. The molecule has 2 aromatic rings. The molecule has 1 N–H and O–H groups in total. The molecular weight excluding hydrogens is 438 g/mol. The molecule has 4 nitrogen and oxygen atoms in total. The first kappa shape index (κ1) is 22.9. The Bertz CT molecular complexity index is 1190. The van der Waals surface area contributed by atoms with Gasteiger partial charge in [-0.3, -0.25) is 9.69 Å². The summed E-state index contributed by atoms with van der Waals surface area (Å²) in [5.41, 5.74) is 0.739. The molecule has 2 aliphatic rings. The number of aliphatic carboxylic acids is 1. The minimum absolute atomic E-state index is 0.181. The SMILES string of the molecule is Cc1ccc(C#Cc2cc(F)c3c(c2)OCC(CN2CCC(C(=O)O)C2)=C3)c(C(F)(F)F)c1. The fourth-order valence-corrected chi connectivity index (χ4v) is 4.04. The number of halogens is 4. The van der Waals surface area contributed by atoms with Crippen LogP contribution in [0.15, 0.2) is 35.9 Å². The van der Waals surface area contributed by atoms with E-state index in [1.54, 1.807) is 19.1 Å². The minimum Gasteiger partial charge on any atom is -0.488 e. The summed E-state index contributed by atoms with van der Waals surface area (Å²) in [5.74, 6) is 3.59. The largest absolute Gasteiger partial charge is 0.488 e. The van der Waals surface area contributed by atoms with Crippen LogP contribution in [-0.4, -0.2) is 42.2 Å². The number of carboxylic acids is 1. The molecule has 1 saturated heterocycles. The predicted molar refractivity (Wildman–Crippen MR) is 114 cm³/mol. The molecule has 8 heteroatoms. The van der Waals surface area contributed by atoms with Crippen LogP contribution in [0, 0.1) is 30.5 Å². The number of benzene rings is 2. The average Bonchev–Trinajstić information content (AvgIpc) is 3.21. The molecule has 172 valence electrons. The standard InChI is InChI=1S/C25H21F4NO3/c1-15-2-4-18(21(8-15)25(27,28)29)5-3-16-10-22(26)20-9-17(14-33-23(20)11-16)12-30-7-6-19(13-30)24(31)32/h2,4,8-11,19H,6-7,12-14H2,1H3,(H,31,32). The van der Waals surface area contributed by atoms with Crippen molar-refractivity contribution in [2.45, 2.75) is 19.5 Å². The number of rotatable bonds is 3. The quantitative estimate of drug-likeness (QED) is 0.533. The van der Waals surface area contributed by atoms with Gasteiger partial charge in [0.1, 0.15) is 18.2 Å². The van der Waals surface area contributed by atoms with Crippen LogP contribution in [0.1, 0.15) is 34.2 Å². The molecule has 0 bridgehead atoms. The maximum Gasteiger partial charge on any atom is 0.417 e. The molecular formula is C25H21F4NO3. The molecule has 0 radical (unpaired) electrons. The fourth-order valence-electron chi connectivity index (χ4n) is 4.04. The van der Waals surface area contributed by atoms with E-state index in [1.807, 2.05) is 4.90 Å². The molecule has 0 aliphatic carbocycles. The summed E-state index contributed by atoms with van der Waals surface area (Å²) in [7, 11) is 0. The summed E-state index contributed by atoms with van der Waals surface area (Å²) in [5, 5.41) is 9.13. The monoisotopic (exact) mass is 459 g/mol. The Hall–Kier alpha value is -3.31. The van der Waals surface area contributed by atoms with Gasteiger partial charge in [-0.25, -0.2) is 4.39 Å². The second kappa shape index (κ2) is 8.91. The highest BCUT2D eigenvalue weighted by Gasteiger charge is 2.33. The molecule has 4 rings (SSSR count). The van der Waals surface area contributed by atoms with Gasteiger partial charge in [0.2, 0.25) is 0 Å². The fraction of sp³-hybridized carbons (Fsp3) is 0.320. The summed E-state index contributed by atoms with van der Waals surface area (Å²) < 4.78 is 60.4. The first-order valence-electron chi connectivity index (χ1n) is 10.4. The number of fused-ring (bicyclic) bond motifs is 1. The number of aryl methyl sites for hydroxylation is 1. The van der Waals surface area contributed by atoms with Crippen LogP contribution in [0.4, 0.5) is 17.6 Å². The third-order valence-corrected chi connectivity index (χ3v) is 5.72. The van der Waals surface area contributed by atoms with Crippen molar-refractivity contribution in [3.63, 3.8) is 0 Å². The van der Waals surface area contributed by atoms with Crippen LogP contribution in [0.3, 0.4) is 0 Å². The van der Waals surface area contributed by atoms with E-state index in [-0.39, 0.29) is 29.0 Å². The average molecular weight is 459 g/mol. The van der Waals surface area contributed by atoms with Crippen molar-refractivity contribution in [2.75, 3.05) is 26.2 Å². The van der Waals surface area contributed by atoms with Gasteiger partial charge < -0.3 is 9.84 Å². The number of hydrogen-bond donors (Lipinski definition) is 1. The second-order valence-electron chi connectivity index (χ2n) is 8.32. The highest BCUT2D eigenvalue weighted by atomic mass is 19.4. The van der Waals surface area contributed by atoms with Crippen molar-refractivity contribution in [2.24, 2.45) is 5.92 Å². The van der Waals surface area contributed by atoms with Gasteiger partial charge in [0.05, 0.1) is 17.0 Å². The first-order valence-corrected chi connectivity index (χ1v) is 10.4. The van der Waals surface area contributed by atoms with Gasteiger partial charge in [-0.15, -0.1) is 0 Å². The Kier molecular flexibility index (Phi) is 6.17. The van der Waals surface area contributed by atoms with Gasteiger partial charge in [0.15, 0.2) is 0 Å². The highest BCUT2D eigenvalue weighted by molar-refractivity contribution is 5.70. The van der Waals surface area contributed by atoms with E-state index in [0.29, 0.717) is 31.6 Å². The van der Waals surface area contributed by atoms with Gasteiger partial charge in [-0.1, -0.05) is 23.5 Å². The molecule has 1 fully saturated rings. The van der Waals surface area contributed by atoms with Gasteiger partial charge in [0, 0.05) is 24.2 Å². The molecule has 1 atom stereocenters. The van der Waals surface area contributed by atoms with Crippen LogP contribution in [0.5, 0.6) is 5.75 Å². The zero-order chi connectivity index (χ0) is 23.8. The number of ether oxygens (including phenoxy) is 1. The summed E-state index contributed by atoms with van der Waals surface area (Å²) in [4.78, 5) is 13.1. The second-order valence-corrected chi connectivity index (χ2v) is 8.32. The van der Waals surface area contributed by atoms with E-state index < -0.39 is 29.4 Å². The normalized spacial score (nSPS) is 18.1. The van der Waals surface area contributed by atoms with Crippen LogP contribution in [-0.2, 0) is 11.0 Å². The third kappa shape index (κ3) is 5.20. The topological polar surface area (TPSA) is 49.8 Å². The number of hydrogen-bond acceptors (Lipinski definition) is 3. The highest BCUT2D eigenvalue weighted by Crippen LogP contribution is 2.33. The molecule has 2 aromatic carbocycles. The smallest absolute Gasteiger partial charge is 0.417 e. The molecule has 33 heavy (non-hydrogen) atoms. The maximum absolute atomic E-state index is 14.8. The van der Waals surface area contributed by atoms with Crippen molar-refractivity contribution in [3.8, 4) is 17.6 Å². The number of alkyl halides is 3. The van der Waals surface area contributed by atoms with Crippen molar-refractivity contribution in [1.29, 1.82) is 0 Å². The molecule has 0 amide bonds. The molecule has 0 saturated carbocycles. The molecule has 0 aromatic heterocycles. The van der Waals surface area contributed by atoms with Gasteiger partial charge >= 0.3 is 12.1 Å². The third-order valence-electron chi connectivity index (χ3n) is 5.72. The number of carbonyl (C=O) groups is 1. The Morgan fingerprint density at radius 2 is 2.03 bits per heavy atom. The van der Waals surface area contributed by atoms with E-state index in [9.17, 15) is 22.4 Å². The lowest BCUT2D eigenvalue weighted by atomic mass is 10.0. The summed E-state index contributed by atoms with van der Waals surface area (Å²) in [6.45, 7) is 3.36. The van der Waals surface area contributed by atoms with Crippen LogP contribution >= 0.6 is 0 Å². The number of likely N-dealkylation sites (tertiary alicyclic amines) is 1. The van der Waals surface area contributed by atoms with E-state index in [2.05, 4.69) is 11.8 Å². The van der Waals surface area contributed by atoms with E-state index in [4.69, 9.17) is 9.84 Å². The van der Waals surface area contributed by atoms with Crippen LogP contribution in [0.2, 0.25) is 0 Å². The van der Waals surface area contributed by atoms with Crippen molar-refractivity contribution < 1.29 is 32.2 Å². The number of carboxylic acid groups (broad SMARTS) is 1. The lowest BCUT2D eigenvalue weighted by Crippen LogP contribution is -2.27. The Balaban J connectivity index is 1.55. The van der Waals surface area contributed by atoms with E-state index >= 15 is 0 Å². The van der Waals surface area contributed by atoms with Crippen LogP contribution < -0.4 is 4.74 Å². The summed E-state index contributed by atoms with van der Waals surface area (Å²) >= 11 is 0. The predicted octanol–water partition coefficient (Wildman–Crippen LogP) is 4.74. The van der Waals surface area contributed by atoms with Crippen molar-refractivity contribution in [1.82, 2.24) is 4.90 Å². The lowest BCUT2D eigenvalue weighted by Gasteiger charge is -2.22. The Morgan fingerprint density at radius 3 is 2.73 bits per heavy atom. The van der Waals surface area contributed by atoms with Gasteiger partial charge in [-0.05, 0) is 55.8 Å². The molecule has 1 unspecified atom stereocenters.